The Bertz CT molecular complexity index is 1050. The SMILES string of the molecule is CN(CCN1CCCC1)c1ccc(-n2ccc(OCc3ccc(Cl)cn3)cc2=O)cn1. The van der Waals surface area contributed by atoms with Gasteiger partial charge in [-0.05, 0) is 56.3 Å². The zero-order valence-corrected chi connectivity index (χ0v) is 18.3. The van der Waals surface area contributed by atoms with Gasteiger partial charge in [-0.3, -0.25) is 14.3 Å². The molecule has 4 heterocycles. The molecule has 1 aliphatic heterocycles. The van der Waals surface area contributed by atoms with Gasteiger partial charge in [0.15, 0.2) is 0 Å². The van der Waals surface area contributed by atoms with E-state index in [0.29, 0.717) is 16.5 Å². The van der Waals surface area contributed by atoms with Crippen LogP contribution in [0.5, 0.6) is 5.75 Å². The summed E-state index contributed by atoms with van der Waals surface area (Å²) in [5.74, 6) is 1.38. The van der Waals surface area contributed by atoms with Crippen LogP contribution in [0.1, 0.15) is 18.5 Å². The van der Waals surface area contributed by atoms with E-state index in [4.69, 9.17) is 16.3 Å². The van der Waals surface area contributed by atoms with Crippen LogP contribution in [0, 0.1) is 0 Å². The summed E-state index contributed by atoms with van der Waals surface area (Å²) in [4.78, 5) is 25.9. The molecule has 0 amide bonds. The fourth-order valence-corrected chi connectivity index (χ4v) is 3.68. The predicted molar refractivity (Wildman–Crippen MR) is 122 cm³/mol. The number of halogens is 1. The van der Waals surface area contributed by atoms with Crippen LogP contribution < -0.4 is 15.2 Å². The molecule has 4 rings (SSSR count). The molecule has 1 aliphatic rings. The van der Waals surface area contributed by atoms with Crippen LogP contribution in [-0.4, -0.2) is 52.7 Å². The van der Waals surface area contributed by atoms with Gasteiger partial charge in [0.2, 0.25) is 0 Å². The number of likely N-dealkylation sites (N-methyl/N-ethyl adjacent to an activating group) is 1. The summed E-state index contributed by atoms with van der Waals surface area (Å²) in [6.45, 7) is 4.63. The Labute approximate surface area is 186 Å². The minimum Gasteiger partial charge on any atom is -0.487 e. The lowest BCUT2D eigenvalue weighted by molar-refractivity contribution is 0.300. The number of aromatic nitrogens is 3. The Morgan fingerprint density at radius 1 is 1.10 bits per heavy atom. The van der Waals surface area contributed by atoms with Crippen LogP contribution in [0.15, 0.2) is 59.8 Å². The standard InChI is InChI=1S/C23H26ClN5O2/c1-27(12-13-28-9-2-3-10-28)22-7-6-20(16-26-22)29-11-8-21(14-23(29)30)31-17-19-5-4-18(24)15-25-19/h4-8,11,14-16H,2-3,9-10,12-13,17H2,1H3. The number of rotatable bonds is 8. The highest BCUT2D eigenvalue weighted by Gasteiger charge is 2.12. The van der Waals surface area contributed by atoms with Gasteiger partial charge in [-0.15, -0.1) is 0 Å². The lowest BCUT2D eigenvalue weighted by atomic mass is 10.3. The van der Waals surface area contributed by atoms with Crippen molar-refractivity contribution in [1.82, 2.24) is 19.4 Å². The number of likely N-dealkylation sites (tertiary alicyclic amines) is 1. The average molecular weight is 440 g/mol. The van der Waals surface area contributed by atoms with E-state index in [1.807, 2.05) is 19.2 Å². The third-order valence-corrected chi connectivity index (χ3v) is 5.64. The lowest BCUT2D eigenvalue weighted by Gasteiger charge is -2.22. The molecule has 7 nitrogen and oxygen atoms in total. The normalized spacial score (nSPS) is 14.0. The highest BCUT2D eigenvalue weighted by atomic mass is 35.5. The summed E-state index contributed by atoms with van der Waals surface area (Å²) in [7, 11) is 2.05. The molecule has 0 aromatic carbocycles. The van der Waals surface area contributed by atoms with Crippen LogP contribution in [0.2, 0.25) is 5.02 Å². The molecule has 0 radical (unpaired) electrons. The minimum absolute atomic E-state index is 0.182. The molecule has 0 saturated carbocycles. The fourth-order valence-electron chi connectivity index (χ4n) is 3.57. The van der Waals surface area contributed by atoms with Crippen LogP contribution in [0.25, 0.3) is 5.69 Å². The molecule has 3 aromatic rings. The molecule has 0 aliphatic carbocycles. The molecular formula is C23H26ClN5O2. The van der Waals surface area contributed by atoms with E-state index in [2.05, 4.69) is 19.8 Å². The van der Waals surface area contributed by atoms with E-state index >= 15 is 0 Å². The summed E-state index contributed by atoms with van der Waals surface area (Å²) >= 11 is 5.84. The van der Waals surface area contributed by atoms with Crippen molar-refractivity contribution in [2.24, 2.45) is 0 Å². The monoisotopic (exact) mass is 439 g/mol. The van der Waals surface area contributed by atoms with Crippen molar-refractivity contribution in [3.8, 4) is 11.4 Å². The van der Waals surface area contributed by atoms with Crippen LogP contribution in [0.3, 0.4) is 0 Å². The molecule has 31 heavy (non-hydrogen) atoms. The fraction of sp³-hybridized carbons (Fsp3) is 0.348. The quantitative estimate of drug-likeness (QED) is 0.536. The van der Waals surface area contributed by atoms with E-state index < -0.39 is 0 Å². The van der Waals surface area contributed by atoms with Crippen molar-refractivity contribution in [3.63, 3.8) is 0 Å². The molecule has 0 atom stereocenters. The number of ether oxygens (including phenoxy) is 1. The Balaban J connectivity index is 1.37. The topological polar surface area (TPSA) is 63.5 Å². The summed E-state index contributed by atoms with van der Waals surface area (Å²) in [5, 5.41) is 0.573. The molecule has 1 fully saturated rings. The summed E-state index contributed by atoms with van der Waals surface area (Å²) in [6.07, 6.45) is 7.58. The van der Waals surface area contributed by atoms with Crippen molar-refractivity contribution >= 4 is 17.4 Å². The maximum atomic E-state index is 12.6. The Kier molecular flexibility index (Phi) is 6.84. The largest absolute Gasteiger partial charge is 0.487 e. The Morgan fingerprint density at radius 2 is 1.94 bits per heavy atom. The van der Waals surface area contributed by atoms with Crippen molar-refractivity contribution in [3.05, 3.63) is 76.1 Å². The van der Waals surface area contributed by atoms with Gasteiger partial charge in [-0.1, -0.05) is 11.6 Å². The molecule has 0 N–H and O–H groups in total. The van der Waals surface area contributed by atoms with Gasteiger partial charge >= 0.3 is 0 Å². The molecule has 162 valence electrons. The first kappa shape index (κ1) is 21.3. The molecule has 0 spiro atoms. The lowest BCUT2D eigenvalue weighted by Crippen LogP contribution is -2.31. The highest BCUT2D eigenvalue weighted by molar-refractivity contribution is 6.30. The molecule has 3 aromatic heterocycles. The molecule has 8 heteroatoms. The molecule has 0 unspecified atom stereocenters. The van der Waals surface area contributed by atoms with Gasteiger partial charge in [-0.25, -0.2) is 4.98 Å². The Hall–Kier alpha value is -2.90. The van der Waals surface area contributed by atoms with Crippen molar-refractivity contribution in [1.29, 1.82) is 0 Å². The second-order valence-electron chi connectivity index (χ2n) is 7.67. The summed E-state index contributed by atoms with van der Waals surface area (Å²) in [6, 6.07) is 10.6. The van der Waals surface area contributed by atoms with Gasteiger partial charge in [0.05, 0.1) is 22.6 Å². The maximum Gasteiger partial charge on any atom is 0.258 e. The van der Waals surface area contributed by atoms with E-state index in [1.165, 1.54) is 32.0 Å². The second-order valence-corrected chi connectivity index (χ2v) is 8.11. The number of nitrogens with zero attached hydrogens (tertiary/aromatic N) is 5. The van der Waals surface area contributed by atoms with E-state index in [1.54, 1.807) is 41.4 Å². The zero-order valence-electron chi connectivity index (χ0n) is 17.6. The second kappa shape index (κ2) is 9.94. The molecule has 1 saturated heterocycles. The van der Waals surface area contributed by atoms with Crippen molar-refractivity contribution in [2.75, 3.05) is 38.1 Å². The number of hydrogen-bond donors (Lipinski definition) is 0. The minimum atomic E-state index is -0.182. The maximum absolute atomic E-state index is 12.6. The summed E-state index contributed by atoms with van der Waals surface area (Å²) < 4.78 is 7.23. The average Bonchev–Trinajstić information content (AvgIpc) is 3.31. The number of anilines is 1. The van der Waals surface area contributed by atoms with Crippen molar-refractivity contribution in [2.45, 2.75) is 19.4 Å². The Morgan fingerprint density at radius 3 is 2.61 bits per heavy atom. The van der Waals surface area contributed by atoms with Crippen molar-refractivity contribution < 1.29 is 4.74 Å². The van der Waals surface area contributed by atoms with Gasteiger partial charge < -0.3 is 14.5 Å². The third-order valence-electron chi connectivity index (χ3n) is 5.42. The number of hydrogen-bond acceptors (Lipinski definition) is 6. The van der Waals surface area contributed by atoms with E-state index in [0.717, 1.165) is 24.6 Å². The smallest absolute Gasteiger partial charge is 0.258 e. The van der Waals surface area contributed by atoms with Gasteiger partial charge in [0.25, 0.3) is 5.56 Å². The van der Waals surface area contributed by atoms with Crippen LogP contribution in [0.4, 0.5) is 5.82 Å². The summed E-state index contributed by atoms with van der Waals surface area (Å²) in [5.41, 5.74) is 1.27. The van der Waals surface area contributed by atoms with E-state index in [-0.39, 0.29) is 12.2 Å². The van der Waals surface area contributed by atoms with E-state index in [9.17, 15) is 4.79 Å². The molecular weight excluding hydrogens is 414 g/mol. The highest BCUT2D eigenvalue weighted by Crippen LogP contribution is 2.15. The third kappa shape index (κ3) is 5.62. The van der Waals surface area contributed by atoms with Crippen LogP contribution in [-0.2, 0) is 6.61 Å². The first-order valence-corrected chi connectivity index (χ1v) is 10.8. The number of pyridine rings is 3. The predicted octanol–water partition coefficient (Wildman–Crippen LogP) is 3.39. The first-order chi connectivity index (χ1) is 15.1. The van der Waals surface area contributed by atoms with Crippen LogP contribution >= 0.6 is 11.6 Å². The van der Waals surface area contributed by atoms with Gasteiger partial charge in [-0.2, -0.15) is 0 Å². The zero-order chi connectivity index (χ0) is 21.6. The first-order valence-electron chi connectivity index (χ1n) is 10.4. The van der Waals surface area contributed by atoms with Gasteiger partial charge in [0.1, 0.15) is 18.2 Å². The molecule has 0 bridgehead atoms. The van der Waals surface area contributed by atoms with Gasteiger partial charge in [0, 0.05) is 38.6 Å².